The van der Waals surface area contributed by atoms with E-state index in [1.165, 1.54) is 11.3 Å². The number of benzene rings is 1. The summed E-state index contributed by atoms with van der Waals surface area (Å²) in [5, 5.41) is 11.4. The zero-order valence-electron chi connectivity index (χ0n) is 18.5. The number of aryl methyl sites for hydroxylation is 2. The normalized spacial score (nSPS) is 11.3. The molecule has 2 rings (SSSR count). The van der Waals surface area contributed by atoms with E-state index in [1.807, 2.05) is 23.9 Å². The van der Waals surface area contributed by atoms with Crippen LogP contribution in [0.15, 0.2) is 17.1 Å². The van der Waals surface area contributed by atoms with Crippen LogP contribution >= 0.6 is 0 Å². The van der Waals surface area contributed by atoms with Gasteiger partial charge in [0.05, 0.1) is 27.0 Å². The third-order valence-electron chi connectivity index (χ3n) is 4.87. The third-order valence-corrected chi connectivity index (χ3v) is 4.87. The largest absolute Gasteiger partial charge is 0.493 e. The molecule has 8 nitrogen and oxygen atoms in total. The van der Waals surface area contributed by atoms with Gasteiger partial charge in [0.2, 0.25) is 5.75 Å². The van der Waals surface area contributed by atoms with E-state index in [2.05, 4.69) is 34.6 Å². The monoisotopic (exact) mass is 403 g/mol. The number of nitrogens with one attached hydrogen (secondary N) is 2. The highest BCUT2D eigenvalue weighted by molar-refractivity contribution is 5.79. The molecule has 0 radical (unpaired) electrons. The van der Waals surface area contributed by atoms with Crippen molar-refractivity contribution in [3.63, 3.8) is 0 Å². The maximum absolute atomic E-state index is 5.42. The molecule has 0 spiro atoms. The highest BCUT2D eigenvalue weighted by atomic mass is 16.5. The van der Waals surface area contributed by atoms with Gasteiger partial charge in [0.25, 0.3) is 0 Å². The summed E-state index contributed by atoms with van der Waals surface area (Å²) in [5.41, 5.74) is 4.60. The van der Waals surface area contributed by atoms with Crippen molar-refractivity contribution in [3.8, 4) is 17.2 Å². The van der Waals surface area contributed by atoms with E-state index < -0.39 is 0 Å². The molecule has 0 aliphatic rings. The topological polar surface area (TPSA) is 81.9 Å². The van der Waals surface area contributed by atoms with Crippen molar-refractivity contribution in [2.45, 2.75) is 39.8 Å². The molecule has 1 aromatic heterocycles. The van der Waals surface area contributed by atoms with Crippen molar-refractivity contribution in [2.75, 3.05) is 28.4 Å². The van der Waals surface area contributed by atoms with Gasteiger partial charge < -0.3 is 24.8 Å². The summed E-state index contributed by atoms with van der Waals surface area (Å²) >= 11 is 0. The van der Waals surface area contributed by atoms with Crippen LogP contribution in [0.4, 0.5) is 0 Å². The highest BCUT2D eigenvalue weighted by Gasteiger charge is 2.15. The Kier molecular flexibility index (Phi) is 8.18. The van der Waals surface area contributed by atoms with Gasteiger partial charge in [-0.3, -0.25) is 9.67 Å². The molecule has 160 valence electrons. The van der Waals surface area contributed by atoms with E-state index >= 15 is 0 Å². The van der Waals surface area contributed by atoms with Crippen molar-refractivity contribution in [2.24, 2.45) is 12.0 Å². The Balaban J connectivity index is 2.09. The Morgan fingerprint density at radius 3 is 2.10 bits per heavy atom. The van der Waals surface area contributed by atoms with Crippen LogP contribution < -0.4 is 24.8 Å². The number of aromatic nitrogens is 2. The quantitative estimate of drug-likeness (QED) is 0.494. The Hall–Kier alpha value is -2.90. The molecule has 1 aromatic carbocycles. The van der Waals surface area contributed by atoms with Crippen molar-refractivity contribution >= 4 is 5.96 Å². The van der Waals surface area contributed by atoms with Gasteiger partial charge in [0, 0.05) is 38.4 Å². The highest BCUT2D eigenvalue weighted by Crippen LogP contribution is 2.38. The zero-order valence-corrected chi connectivity index (χ0v) is 18.5. The van der Waals surface area contributed by atoms with Gasteiger partial charge >= 0.3 is 0 Å². The van der Waals surface area contributed by atoms with E-state index in [0.717, 1.165) is 24.1 Å². The lowest BCUT2D eigenvalue weighted by Crippen LogP contribution is -2.36. The van der Waals surface area contributed by atoms with Crippen LogP contribution in [0.5, 0.6) is 17.2 Å². The maximum atomic E-state index is 5.42. The summed E-state index contributed by atoms with van der Waals surface area (Å²) in [7, 11) is 8.57. The number of aliphatic imine (C=N–C) groups is 1. The minimum Gasteiger partial charge on any atom is -0.493 e. The zero-order chi connectivity index (χ0) is 21.4. The van der Waals surface area contributed by atoms with E-state index in [-0.39, 0.29) is 0 Å². The minimum absolute atomic E-state index is 0.560. The van der Waals surface area contributed by atoms with Crippen molar-refractivity contribution in [3.05, 3.63) is 34.6 Å². The van der Waals surface area contributed by atoms with Gasteiger partial charge in [-0.2, -0.15) is 5.10 Å². The Bertz CT molecular complexity index is 820. The fraction of sp³-hybridized carbons (Fsp3) is 0.524. The second-order valence-corrected chi connectivity index (χ2v) is 6.52. The van der Waals surface area contributed by atoms with Crippen LogP contribution in [-0.2, 0) is 33.0 Å². The summed E-state index contributed by atoms with van der Waals surface area (Å²) in [5.74, 6) is 2.55. The first kappa shape index (κ1) is 22.4. The molecule has 0 fully saturated rings. The Morgan fingerprint density at radius 2 is 1.62 bits per heavy atom. The maximum Gasteiger partial charge on any atom is 0.203 e. The summed E-state index contributed by atoms with van der Waals surface area (Å²) in [6, 6.07) is 3.85. The van der Waals surface area contributed by atoms with Crippen LogP contribution in [0.25, 0.3) is 0 Å². The van der Waals surface area contributed by atoms with Crippen LogP contribution in [0, 0.1) is 0 Å². The molecule has 1 heterocycles. The first-order chi connectivity index (χ1) is 14.0. The third kappa shape index (κ3) is 5.13. The van der Waals surface area contributed by atoms with Crippen LogP contribution in [0.3, 0.4) is 0 Å². The molecule has 0 aliphatic heterocycles. The lowest BCUT2D eigenvalue weighted by atomic mass is 10.1. The number of guanidine groups is 1. The smallest absolute Gasteiger partial charge is 0.203 e. The van der Waals surface area contributed by atoms with Crippen molar-refractivity contribution < 1.29 is 14.2 Å². The molecule has 0 aliphatic carbocycles. The fourth-order valence-corrected chi connectivity index (χ4v) is 3.41. The van der Waals surface area contributed by atoms with E-state index in [1.54, 1.807) is 28.4 Å². The molecule has 29 heavy (non-hydrogen) atoms. The number of hydrogen-bond acceptors (Lipinski definition) is 5. The molecule has 0 unspecified atom stereocenters. The van der Waals surface area contributed by atoms with Gasteiger partial charge in [-0.1, -0.05) is 13.8 Å². The Morgan fingerprint density at radius 1 is 1.00 bits per heavy atom. The molecule has 8 heteroatoms. The molecule has 0 amide bonds. The number of methoxy groups -OCH3 is 3. The van der Waals surface area contributed by atoms with Gasteiger partial charge in [0.15, 0.2) is 17.5 Å². The molecular formula is C21H33N5O3. The minimum atomic E-state index is 0.560. The molecule has 0 bridgehead atoms. The summed E-state index contributed by atoms with van der Waals surface area (Å²) in [6.07, 6.45) is 1.85. The van der Waals surface area contributed by atoms with Crippen LogP contribution in [0.2, 0.25) is 0 Å². The van der Waals surface area contributed by atoms with Crippen LogP contribution in [-0.4, -0.2) is 44.1 Å². The predicted molar refractivity (Wildman–Crippen MR) is 115 cm³/mol. The van der Waals surface area contributed by atoms with Gasteiger partial charge in [-0.05, 0) is 30.5 Å². The first-order valence-electron chi connectivity index (χ1n) is 9.79. The molecule has 2 aromatic rings. The van der Waals surface area contributed by atoms with Crippen molar-refractivity contribution in [1.29, 1.82) is 0 Å². The second-order valence-electron chi connectivity index (χ2n) is 6.52. The standard InChI is InChI=1S/C21H33N5O3/c1-8-16-15(17(9-2)26(4)25-16)13-24-21(22-3)23-12-14-10-18(27-5)20(29-7)19(11-14)28-6/h10-11H,8-9,12-13H2,1-7H3,(H2,22,23,24). The van der Waals surface area contributed by atoms with E-state index in [4.69, 9.17) is 14.2 Å². The van der Waals surface area contributed by atoms with E-state index in [9.17, 15) is 0 Å². The molecular weight excluding hydrogens is 370 g/mol. The van der Waals surface area contributed by atoms with Gasteiger partial charge in [-0.15, -0.1) is 0 Å². The molecule has 0 atom stereocenters. The first-order valence-corrected chi connectivity index (χ1v) is 9.79. The summed E-state index contributed by atoms with van der Waals surface area (Å²) in [6.45, 7) is 5.51. The summed E-state index contributed by atoms with van der Waals surface area (Å²) in [4.78, 5) is 4.33. The number of nitrogens with zero attached hydrogens (tertiary/aromatic N) is 3. The SMILES string of the molecule is CCc1nn(C)c(CC)c1CNC(=NC)NCc1cc(OC)c(OC)c(OC)c1. The summed E-state index contributed by atoms with van der Waals surface area (Å²) < 4.78 is 18.2. The van der Waals surface area contributed by atoms with Crippen molar-refractivity contribution in [1.82, 2.24) is 20.4 Å². The number of hydrogen-bond donors (Lipinski definition) is 2. The van der Waals surface area contributed by atoms with Gasteiger partial charge in [-0.25, -0.2) is 0 Å². The molecule has 0 saturated heterocycles. The molecule has 2 N–H and O–H groups in total. The van der Waals surface area contributed by atoms with Crippen LogP contribution in [0.1, 0.15) is 36.4 Å². The van der Waals surface area contributed by atoms with Gasteiger partial charge in [0.1, 0.15) is 0 Å². The lowest BCUT2D eigenvalue weighted by molar-refractivity contribution is 0.323. The molecule has 0 saturated carbocycles. The van der Waals surface area contributed by atoms with E-state index in [0.29, 0.717) is 36.3 Å². The lowest BCUT2D eigenvalue weighted by Gasteiger charge is -2.16. The fourth-order valence-electron chi connectivity index (χ4n) is 3.41. The number of rotatable bonds is 9. The average molecular weight is 404 g/mol. The second kappa shape index (κ2) is 10.6. The number of ether oxygens (including phenoxy) is 3. The average Bonchev–Trinajstić information content (AvgIpc) is 3.07. The predicted octanol–water partition coefficient (Wildman–Crippen LogP) is 2.44. The Labute approximate surface area is 173 Å².